The predicted octanol–water partition coefficient (Wildman–Crippen LogP) is 3.44. The molecule has 1 heterocycles. The van der Waals surface area contributed by atoms with E-state index in [-0.39, 0.29) is 11.8 Å². The molecule has 0 bridgehead atoms. The van der Waals surface area contributed by atoms with E-state index in [0.29, 0.717) is 6.04 Å². The molecule has 1 saturated heterocycles. The maximum absolute atomic E-state index is 12.0. The summed E-state index contributed by atoms with van der Waals surface area (Å²) in [6.07, 6.45) is 1.16. The van der Waals surface area contributed by atoms with Crippen LogP contribution in [-0.2, 0) is 0 Å². The Morgan fingerprint density at radius 3 is 2.72 bits per heavy atom. The zero-order valence-corrected chi connectivity index (χ0v) is 11.1. The molecule has 1 aliphatic heterocycles. The van der Waals surface area contributed by atoms with Crippen molar-refractivity contribution in [3.63, 3.8) is 0 Å². The van der Waals surface area contributed by atoms with Crippen molar-refractivity contribution in [2.75, 3.05) is 11.5 Å². The van der Waals surface area contributed by atoms with Crippen LogP contribution in [0.1, 0.15) is 24.9 Å². The van der Waals surface area contributed by atoms with Gasteiger partial charge in [0.2, 0.25) is 0 Å². The zero-order valence-electron chi connectivity index (χ0n) is 10.2. The van der Waals surface area contributed by atoms with Crippen molar-refractivity contribution >= 4 is 11.8 Å². The van der Waals surface area contributed by atoms with Crippen LogP contribution < -0.4 is 10.1 Å². The van der Waals surface area contributed by atoms with Crippen LogP contribution >= 0.6 is 11.8 Å². The summed E-state index contributed by atoms with van der Waals surface area (Å²) in [5, 5.41) is 3.55. The first-order valence-electron chi connectivity index (χ1n) is 6.03. The van der Waals surface area contributed by atoms with E-state index < -0.39 is 6.61 Å². The Balaban J connectivity index is 2.03. The molecule has 0 aromatic heterocycles. The second-order valence-electron chi connectivity index (χ2n) is 4.43. The minimum Gasteiger partial charge on any atom is -0.435 e. The lowest BCUT2D eigenvalue weighted by atomic mass is 10.1. The van der Waals surface area contributed by atoms with Gasteiger partial charge in [-0.1, -0.05) is 12.1 Å². The van der Waals surface area contributed by atoms with Gasteiger partial charge >= 0.3 is 6.61 Å². The van der Waals surface area contributed by atoms with Gasteiger partial charge in [0.15, 0.2) is 0 Å². The molecule has 0 aliphatic carbocycles. The van der Waals surface area contributed by atoms with Crippen LogP contribution in [0.3, 0.4) is 0 Å². The minimum absolute atomic E-state index is 0.211. The molecular weight excluding hydrogens is 256 g/mol. The maximum Gasteiger partial charge on any atom is 0.387 e. The molecule has 2 unspecified atom stereocenters. The molecule has 1 N–H and O–H groups in total. The number of thioether (sulfide) groups is 1. The molecule has 5 heteroatoms. The number of nitrogens with one attached hydrogen (secondary N) is 1. The largest absolute Gasteiger partial charge is 0.435 e. The van der Waals surface area contributed by atoms with Gasteiger partial charge in [-0.05, 0) is 36.8 Å². The Hall–Kier alpha value is -0.810. The van der Waals surface area contributed by atoms with Crippen LogP contribution in [0.15, 0.2) is 24.3 Å². The SMILES string of the molecule is CC1CCSCC(c2ccc(OC(F)F)cc2)N1. The molecule has 0 amide bonds. The minimum atomic E-state index is -2.76. The van der Waals surface area contributed by atoms with E-state index in [1.807, 2.05) is 23.9 Å². The van der Waals surface area contributed by atoms with Crippen molar-refractivity contribution in [3.8, 4) is 5.75 Å². The number of halogens is 2. The average Bonchev–Trinajstić information content (AvgIpc) is 2.54. The summed E-state index contributed by atoms with van der Waals surface area (Å²) in [5.74, 6) is 2.39. The predicted molar refractivity (Wildman–Crippen MR) is 70.4 cm³/mol. The fourth-order valence-electron chi connectivity index (χ4n) is 2.01. The molecular formula is C13H17F2NOS. The maximum atomic E-state index is 12.0. The third-order valence-electron chi connectivity index (χ3n) is 2.97. The second kappa shape index (κ2) is 6.38. The van der Waals surface area contributed by atoms with Gasteiger partial charge in [-0.2, -0.15) is 20.5 Å². The van der Waals surface area contributed by atoms with Crippen LogP contribution in [0.25, 0.3) is 0 Å². The van der Waals surface area contributed by atoms with E-state index >= 15 is 0 Å². The average molecular weight is 273 g/mol. The standard InChI is InChI=1S/C13H17F2NOS/c1-9-6-7-18-8-12(16-9)10-2-4-11(5-3-10)17-13(14)15/h2-5,9,12-13,16H,6-8H2,1H3. The molecule has 18 heavy (non-hydrogen) atoms. The van der Waals surface area contributed by atoms with Crippen LogP contribution in [-0.4, -0.2) is 24.2 Å². The van der Waals surface area contributed by atoms with Gasteiger partial charge in [0.05, 0.1) is 0 Å². The number of benzene rings is 1. The monoisotopic (exact) mass is 273 g/mol. The van der Waals surface area contributed by atoms with Crippen LogP contribution in [0.2, 0.25) is 0 Å². The van der Waals surface area contributed by atoms with Gasteiger partial charge in [-0.25, -0.2) is 0 Å². The number of hydrogen-bond acceptors (Lipinski definition) is 3. The first-order chi connectivity index (χ1) is 8.65. The molecule has 0 spiro atoms. The lowest BCUT2D eigenvalue weighted by molar-refractivity contribution is -0.0498. The molecule has 2 nitrogen and oxygen atoms in total. The second-order valence-corrected chi connectivity index (χ2v) is 5.58. The van der Waals surface area contributed by atoms with Gasteiger partial charge in [-0.15, -0.1) is 0 Å². The first kappa shape index (κ1) is 13.6. The highest BCUT2D eigenvalue weighted by molar-refractivity contribution is 7.99. The lowest BCUT2D eigenvalue weighted by Crippen LogP contribution is -2.30. The summed E-state index contributed by atoms with van der Waals surface area (Å²) in [6.45, 7) is -0.588. The molecule has 2 atom stereocenters. The molecule has 2 rings (SSSR count). The Kier molecular flexibility index (Phi) is 4.83. The van der Waals surface area contributed by atoms with Crippen LogP contribution in [0.4, 0.5) is 8.78 Å². The molecule has 100 valence electrons. The molecule has 1 fully saturated rings. The summed E-state index contributed by atoms with van der Waals surface area (Å²) in [7, 11) is 0. The van der Waals surface area contributed by atoms with Crippen molar-refractivity contribution in [1.29, 1.82) is 0 Å². The van der Waals surface area contributed by atoms with E-state index in [1.165, 1.54) is 0 Å². The topological polar surface area (TPSA) is 21.3 Å². The Morgan fingerprint density at radius 1 is 1.33 bits per heavy atom. The Labute approximate surface area is 110 Å². The first-order valence-corrected chi connectivity index (χ1v) is 7.19. The Bertz CT molecular complexity index is 372. The highest BCUT2D eigenvalue weighted by atomic mass is 32.2. The summed E-state index contributed by atoms with van der Waals surface area (Å²) in [6, 6.07) is 7.68. The van der Waals surface area contributed by atoms with Gasteiger partial charge in [0.1, 0.15) is 5.75 Å². The van der Waals surface area contributed by atoms with E-state index in [2.05, 4.69) is 17.0 Å². The van der Waals surface area contributed by atoms with Gasteiger partial charge < -0.3 is 10.1 Å². The van der Waals surface area contributed by atoms with Gasteiger partial charge in [0, 0.05) is 17.8 Å². The number of rotatable bonds is 3. The van der Waals surface area contributed by atoms with Gasteiger partial charge in [0.25, 0.3) is 0 Å². The molecule has 1 aliphatic rings. The summed E-state index contributed by atoms with van der Waals surface area (Å²) >= 11 is 1.92. The molecule has 0 saturated carbocycles. The molecule has 0 radical (unpaired) electrons. The third-order valence-corrected chi connectivity index (χ3v) is 4.07. The number of hydrogen-bond donors (Lipinski definition) is 1. The summed E-state index contributed by atoms with van der Waals surface area (Å²) < 4.78 is 28.4. The number of alkyl halides is 2. The van der Waals surface area contributed by atoms with E-state index in [9.17, 15) is 8.78 Å². The van der Waals surface area contributed by atoms with Crippen molar-refractivity contribution in [1.82, 2.24) is 5.32 Å². The zero-order chi connectivity index (χ0) is 13.0. The molecule has 1 aromatic carbocycles. The quantitative estimate of drug-likeness (QED) is 0.911. The Morgan fingerprint density at radius 2 is 2.06 bits per heavy atom. The van der Waals surface area contributed by atoms with Crippen LogP contribution in [0, 0.1) is 0 Å². The summed E-state index contributed by atoms with van der Waals surface area (Å²) in [4.78, 5) is 0. The highest BCUT2D eigenvalue weighted by Gasteiger charge is 2.18. The van der Waals surface area contributed by atoms with Crippen LogP contribution in [0.5, 0.6) is 5.75 Å². The third kappa shape index (κ3) is 3.85. The normalized spacial score (nSPS) is 24.9. The summed E-state index contributed by atoms with van der Waals surface area (Å²) in [5.41, 5.74) is 1.12. The van der Waals surface area contributed by atoms with Crippen molar-refractivity contribution in [3.05, 3.63) is 29.8 Å². The van der Waals surface area contributed by atoms with E-state index in [0.717, 1.165) is 23.5 Å². The van der Waals surface area contributed by atoms with E-state index in [4.69, 9.17) is 0 Å². The van der Waals surface area contributed by atoms with E-state index in [1.54, 1.807) is 12.1 Å². The highest BCUT2D eigenvalue weighted by Crippen LogP contribution is 2.25. The fourth-order valence-corrected chi connectivity index (χ4v) is 3.22. The lowest BCUT2D eigenvalue weighted by Gasteiger charge is -2.19. The van der Waals surface area contributed by atoms with Gasteiger partial charge in [-0.3, -0.25) is 0 Å². The van der Waals surface area contributed by atoms with Crippen molar-refractivity contribution < 1.29 is 13.5 Å². The van der Waals surface area contributed by atoms with Crippen molar-refractivity contribution in [2.45, 2.75) is 32.0 Å². The fraction of sp³-hybridized carbons (Fsp3) is 0.538. The smallest absolute Gasteiger partial charge is 0.387 e. The molecule has 1 aromatic rings. The van der Waals surface area contributed by atoms with Crippen molar-refractivity contribution in [2.24, 2.45) is 0 Å². The number of ether oxygens (including phenoxy) is 1.